The van der Waals surface area contributed by atoms with Gasteiger partial charge in [0.15, 0.2) is 5.41 Å². The fraction of sp³-hybridized carbons (Fsp3) is 0.368. The van der Waals surface area contributed by atoms with Crippen molar-refractivity contribution >= 4 is 23.8 Å². The Labute approximate surface area is 157 Å². The second-order valence-electron chi connectivity index (χ2n) is 6.03. The molecule has 1 aromatic rings. The molecule has 8 nitrogen and oxygen atoms in total. The highest BCUT2D eigenvalue weighted by Crippen LogP contribution is 2.31. The topological polar surface area (TPSA) is 102 Å². The number of hydrogen-bond donors (Lipinski definition) is 1. The number of amides is 2. The first-order valence-electron chi connectivity index (χ1n) is 8.43. The summed E-state index contributed by atoms with van der Waals surface area (Å²) in [5.74, 6) is -2.61. The average molecular weight is 374 g/mol. The molecule has 144 valence electrons. The lowest BCUT2D eigenvalue weighted by atomic mass is 9.80. The van der Waals surface area contributed by atoms with Gasteiger partial charge in [0, 0.05) is 18.5 Å². The summed E-state index contributed by atoms with van der Waals surface area (Å²) < 4.78 is 9.70. The fourth-order valence-electron chi connectivity index (χ4n) is 2.83. The lowest BCUT2D eigenvalue weighted by Gasteiger charge is -2.39. The van der Waals surface area contributed by atoms with E-state index in [0.717, 1.165) is 4.90 Å². The number of carbonyl (C=O) groups is 4. The van der Waals surface area contributed by atoms with Crippen molar-refractivity contribution in [2.45, 2.75) is 12.8 Å². The molecule has 2 rings (SSSR count). The van der Waals surface area contributed by atoms with Crippen molar-refractivity contribution in [3.63, 3.8) is 0 Å². The highest BCUT2D eigenvalue weighted by molar-refractivity contribution is 6.13. The fourth-order valence-corrected chi connectivity index (χ4v) is 2.83. The van der Waals surface area contributed by atoms with Gasteiger partial charge in [-0.25, -0.2) is 0 Å². The summed E-state index contributed by atoms with van der Waals surface area (Å²) in [5, 5.41) is 2.91. The maximum Gasteiger partial charge on any atom is 0.323 e. The van der Waals surface area contributed by atoms with Crippen molar-refractivity contribution in [2.24, 2.45) is 5.41 Å². The molecule has 0 bridgehead atoms. The van der Waals surface area contributed by atoms with Gasteiger partial charge in [-0.05, 0) is 18.6 Å². The monoisotopic (exact) mass is 374 g/mol. The number of esters is 2. The number of rotatable bonds is 7. The van der Waals surface area contributed by atoms with Gasteiger partial charge in [0.2, 0.25) is 5.91 Å². The average Bonchev–Trinajstić information content (AvgIpc) is 2.71. The van der Waals surface area contributed by atoms with E-state index in [2.05, 4.69) is 16.6 Å². The number of nitrogens with zero attached hydrogens (tertiary/aromatic N) is 1. The lowest BCUT2D eigenvalue weighted by Crippen LogP contribution is -2.63. The normalized spacial score (nSPS) is 19.3. The van der Waals surface area contributed by atoms with Gasteiger partial charge in [0.25, 0.3) is 5.91 Å². The van der Waals surface area contributed by atoms with Crippen molar-refractivity contribution < 1.29 is 28.7 Å². The van der Waals surface area contributed by atoms with Crippen LogP contribution in [0.4, 0.5) is 0 Å². The highest BCUT2D eigenvalue weighted by Gasteiger charge is 2.53. The lowest BCUT2D eigenvalue weighted by molar-refractivity contribution is -0.167. The molecule has 0 spiro atoms. The summed E-state index contributed by atoms with van der Waals surface area (Å²) in [5.41, 5.74) is -1.38. The van der Waals surface area contributed by atoms with Crippen LogP contribution in [-0.4, -0.2) is 55.6 Å². The predicted molar refractivity (Wildman–Crippen MR) is 95.3 cm³/mol. The molecule has 1 aromatic carbocycles. The molecule has 0 radical (unpaired) electrons. The van der Waals surface area contributed by atoms with Gasteiger partial charge in [-0.2, -0.15) is 0 Å². The third-order valence-electron chi connectivity index (χ3n) is 4.32. The van der Waals surface area contributed by atoms with E-state index >= 15 is 0 Å². The van der Waals surface area contributed by atoms with Crippen LogP contribution in [0.5, 0.6) is 0 Å². The van der Waals surface area contributed by atoms with Gasteiger partial charge in [-0.3, -0.25) is 29.4 Å². The molecule has 2 amide bonds. The second-order valence-corrected chi connectivity index (χ2v) is 6.03. The molecule has 1 heterocycles. The Kier molecular flexibility index (Phi) is 6.84. The number of carbonyl (C=O) groups excluding carboxylic acids is 4. The van der Waals surface area contributed by atoms with E-state index in [0.29, 0.717) is 5.56 Å². The van der Waals surface area contributed by atoms with Crippen molar-refractivity contribution in [3.8, 4) is 0 Å². The van der Waals surface area contributed by atoms with Gasteiger partial charge >= 0.3 is 11.9 Å². The van der Waals surface area contributed by atoms with Gasteiger partial charge in [0.1, 0.15) is 6.61 Å². The second kappa shape index (κ2) is 9.09. The first-order valence-corrected chi connectivity index (χ1v) is 8.43. The minimum absolute atomic E-state index is 0.0404. The Morgan fingerprint density at radius 2 is 2.00 bits per heavy atom. The van der Waals surface area contributed by atoms with Crippen molar-refractivity contribution in [1.29, 1.82) is 0 Å². The predicted octanol–water partition coefficient (Wildman–Crippen LogP) is 0.885. The van der Waals surface area contributed by atoms with Crippen LogP contribution in [-0.2, 0) is 23.9 Å². The molecule has 1 N–H and O–H groups in total. The van der Waals surface area contributed by atoms with Crippen molar-refractivity contribution in [2.75, 3.05) is 26.9 Å². The minimum atomic E-state index is -1.69. The van der Waals surface area contributed by atoms with Gasteiger partial charge < -0.3 is 9.47 Å². The quantitative estimate of drug-likeness (QED) is 0.327. The Balaban J connectivity index is 2.32. The standard InChI is InChI=1S/C19H22N2O6/c1-3-11-27-18(25)19(10-9-15(22)26-2)12-20-13-21(17(19)24)16(23)14-7-5-4-6-8-14/h3-8,20H,1,9-13H2,2H3. The van der Waals surface area contributed by atoms with E-state index in [4.69, 9.17) is 4.74 Å². The van der Waals surface area contributed by atoms with Crippen LogP contribution in [0.1, 0.15) is 23.2 Å². The number of nitrogens with one attached hydrogen (secondary N) is 1. The number of benzene rings is 1. The summed E-state index contributed by atoms with van der Waals surface area (Å²) in [6, 6.07) is 8.27. The van der Waals surface area contributed by atoms with Gasteiger partial charge in [-0.15, -0.1) is 0 Å². The van der Waals surface area contributed by atoms with Crippen LogP contribution in [0.15, 0.2) is 43.0 Å². The van der Waals surface area contributed by atoms with E-state index in [9.17, 15) is 19.2 Å². The van der Waals surface area contributed by atoms with Gasteiger partial charge in [-0.1, -0.05) is 30.9 Å². The zero-order valence-electron chi connectivity index (χ0n) is 15.1. The summed E-state index contributed by atoms with van der Waals surface area (Å²) in [4.78, 5) is 51.1. The van der Waals surface area contributed by atoms with E-state index in [1.807, 2.05) is 0 Å². The number of imide groups is 1. The molecule has 1 aliphatic heterocycles. The van der Waals surface area contributed by atoms with E-state index in [1.54, 1.807) is 30.3 Å². The largest absolute Gasteiger partial charge is 0.469 e. The summed E-state index contributed by atoms with van der Waals surface area (Å²) in [6.07, 6.45) is 1.07. The van der Waals surface area contributed by atoms with Crippen LogP contribution < -0.4 is 5.32 Å². The van der Waals surface area contributed by atoms with Crippen LogP contribution in [0.2, 0.25) is 0 Å². The minimum Gasteiger partial charge on any atom is -0.469 e. The van der Waals surface area contributed by atoms with Crippen molar-refractivity contribution in [1.82, 2.24) is 10.2 Å². The Morgan fingerprint density at radius 1 is 1.30 bits per heavy atom. The molecule has 8 heteroatoms. The van der Waals surface area contributed by atoms with E-state index in [1.165, 1.54) is 13.2 Å². The molecule has 1 saturated heterocycles. The molecule has 1 atom stereocenters. The van der Waals surface area contributed by atoms with Gasteiger partial charge in [0.05, 0.1) is 13.8 Å². The number of ether oxygens (including phenoxy) is 2. The Hall–Kier alpha value is -3.00. The zero-order chi connectivity index (χ0) is 19.9. The molecule has 27 heavy (non-hydrogen) atoms. The third-order valence-corrected chi connectivity index (χ3v) is 4.32. The highest BCUT2D eigenvalue weighted by atomic mass is 16.5. The molecule has 1 fully saturated rings. The first kappa shape index (κ1) is 20.3. The molecule has 1 aliphatic rings. The zero-order valence-corrected chi connectivity index (χ0v) is 15.1. The summed E-state index contributed by atoms with van der Waals surface area (Å²) in [6.45, 7) is 3.30. The molecule has 1 unspecified atom stereocenters. The van der Waals surface area contributed by atoms with E-state index < -0.39 is 29.2 Å². The van der Waals surface area contributed by atoms with Crippen LogP contribution in [0.25, 0.3) is 0 Å². The molecule has 0 saturated carbocycles. The number of hydrogen-bond acceptors (Lipinski definition) is 7. The third kappa shape index (κ3) is 4.40. The summed E-state index contributed by atoms with van der Waals surface area (Å²) in [7, 11) is 1.22. The molecule has 0 aromatic heterocycles. The maximum absolute atomic E-state index is 13.2. The van der Waals surface area contributed by atoms with Crippen LogP contribution in [0.3, 0.4) is 0 Å². The van der Waals surface area contributed by atoms with Crippen molar-refractivity contribution in [3.05, 3.63) is 48.6 Å². The smallest absolute Gasteiger partial charge is 0.323 e. The first-order chi connectivity index (χ1) is 13.0. The maximum atomic E-state index is 13.2. The molecule has 0 aliphatic carbocycles. The Bertz CT molecular complexity index is 733. The van der Waals surface area contributed by atoms with Crippen LogP contribution in [0, 0.1) is 5.41 Å². The number of methoxy groups -OCH3 is 1. The van der Waals surface area contributed by atoms with Crippen LogP contribution >= 0.6 is 0 Å². The SMILES string of the molecule is C=CCOC(=O)C1(CCC(=O)OC)CNCN(C(=O)c2ccccc2)C1=O. The molecular weight excluding hydrogens is 352 g/mol. The molecular formula is C19H22N2O6. The Morgan fingerprint density at radius 3 is 2.63 bits per heavy atom. The van der Waals surface area contributed by atoms with E-state index in [-0.39, 0.29) is 32.7 Å². The summed E-state index contributed by atoms with van der Waals surface area (Å²) >= 11 is 0.